The first-order valence-corrected chi connectivity index (χ1v) is 5.08. The molecule has 4 nitrogen and oxygen atoms in total. The van der Waals surface area contributed by atoms with Crippen LogP contribution < -0.4 is 5.32 Å². The van der Waals surface area contributed by atoms with Crippen molar-refractivity contribution in [3.05, 3.63) is 5.82 Å². The molecule has 0 bridgehead atoms. The summed E-state index contributed by atoms with van der Waals surface area (Å²) in [5, 5.41) is 7.18. The molecular formula is C7H11N3OS. The first kappa shape index (κ1) is 7.91. The maximum atomic E-state index is 4.94. The van der Waals surface area contributed by atoms with E-state index in [1.807, 2.05) is 11.8 Å². The Balaban J connectivity index is 2.11. The van der Waals surface area contributed by atoms with Crippen molar-refractivity contribution in [3.63, 3.8) is 0 Å². The monoisotopic (exact) mass is 185 g/mol. The third-order valence-corrected chi connectivity index (χ3v) is 3.25. The highest BCUT2D eigenvalue weighted by atomic mass is 32.2. The lowest BCUT2D eigenvalue weighted by molar-refractivity contribution is 0.423. The van der Waals surface area contributed by atoms with E-state index in [1.165, 1.54) is 18.6 Å². The number of rotatable bonds is 2. The molecular weight excluding hydrogens is 174 g/mol. The van der Waals surface area contributed by atoms with Crippen molar-refractivity contribution < 1.29 is 4.52 Å². The lowest BCUT2D eigenvalue weighted by Gasteiger charge is -1.98. The Labute approximate surface area is 75.1 Å². The Morgan fingerprint density at radius 2 is 2.58 bits per heavy atom. The molecule has 12 heavy (non-hydrogen) atoms. The Morgan fingerprint density at radius 1 is 1.67 bits per heavy atom. The van der Waals surface area contributed by atoms with E-state index >= 15 is 0 Å². The van der Waals surface area contributed by atoms with Crippen molar-refractivity contribution in [2.45, 2.75) is 18.1 Å². The van der Waals surface area contributed by atoms with Crippen LogP contribution in [0.4, 0.5) is 6.01 Å². The van der Waals surface area contributed by atoms with Gasteiger partial charge in [0.25, 0.3) is 0 Å². The summed E-state index contributed by atoms with van der Waals surface area (Å²) in [6.45, 7) is 0. The average molecular weight is 185 g/mol. The van der Waals surface area contributed by atoms with Gasteiger partial charge in [-0.2, -0.15) is 16.7 Å². The molecule has 5 heteroatoms. The largest absolute Gasteiger partial charge is 0.341 e. The van der Waals surface area contributed by atoms with Gasteiger partial charge in [0.2, 0.25) is 0 Å². The van der Waals surface area contributed by atoms with E-state index in [0.717, 1.165) is 5.82 Å². The number of hydrogen-bond acceptors (Lipinski definition) is 5. The number of thioether (sulfide) groups is 1. The maximum Gasteiger partial charge on any atom is 0.321 e. The molecule has 1 fully saturated rings. The second kappa shape index (κ2) is 3.35. The summed E-state index contributed by atoms with van der Waals surface area (Å²) in [5.74, 6) is 2.05. The second-order valence-corrected chi connectivity index (χ2v) is 4.02. The third kappa shape index (κ3) is 1.41. The lowest BCUT2D eigenvalue weighted by atomic mass is 10.2. The zero-order valence-corrected chi connectivity index (χ0v) is 7.73. The van der Waals surface area contributed by atoms with Gasteiger partial charge in [-0.25, -0.2) is 0 Å². The van der Waals surface area contributed by atoms with Crippen molar-refractivity contribution in [2.24, 2.45) is 0 Å². The van der Waals surface area contributed by atoms with E-state index in [4.69, 9.17) is 4.52 Å². The van der Waals surface area contributed by atoms with E-state index in [1.54, 1.807) is 7.05 Å². The van der Waals surface area contributed by atoms with Crippen LogP contribution in [0.15, 0.2) is 4.52 Å². The van der Waals surface area contributed by atoms with Crippen LogP contribution >= 0.6 is 11.8 Å². The van der Waals surface area contributed by atoms with Crippen LogP contribution in [0.5, 0.6) is 0 Å². The van der Waals surface area contributed by atoms with Crippen LogP contribution in [0.25, 0.3) is 0 Å². The zero-order valence-electron chi connectivity index (χ0n) is 6.91. The third-order valence-electron chi connectivity index (χ3n) is 1.87. The van der Waals surface area contributed by atoms with E-state index in [-0.39, 0.29) is 0 Å². The van der Waals surface area contributed by atoms with E-state index < -0.39 is 0 Å². The second-order valence-electron chi connectivity index (χ2n) is 2.71. The van der Waals surface area contributed by atoms with Gasteiger partial charge in [-0.05, 0) is 18.6 Å². The molecule has 1 unspecified atom stereocenters. The van der Waals surface area contributed by atoms with Gasteiger partial charge in [0.05, 0.1) is 5.25 Å². The molecule has 1 N–H and O–H groups in total. The normalized spacial score (nSPS) is 22.9. The van der Waals surface area contributed by atoms with Crippen LogP contribution in [-0.2, 0) is 0 Å². The van der Waals surface area contributed by atoms with E-state index in [9.17, 15) is 0 Å². The number of nitrogens with one attached hydrogen (secondary N) is 1. The first-order valence-electron chi connectivity index (χ1n) is 4.03. The Kier molecular flexibility index (Phi) is 2.21. The Hall–Kier alpha value is -0.710. The highest BCUT2D eigenvalue weighted by Gasteiger charge is 2.22. The zero-order chi connectivity index (χ0) is 8.39. The van der Waals surface area contributed by atoms with Gasteiger partial charge in [0.1, 0.15) is 0 Å². The van der Waals surface area contributed by atoms with Crippen molar-refractivity contribution in [1.29, 1.82) is 0 Å². The molecule has 2 heterocycles. The summed E-state index contributed by atoms with van der Waals surface area (Å²) >= 11 is 1.91. The van der Waals surface area contributed by atoms with Crippen LogP contribution in [0.3, 0.4) is 0 Å². The molecule has 0 amide bonds. The number of nitrogens with zero attached hydrogens (tertiary/aromatic N) is 2. The highest BCUT2D eigenvalue weighted by molar-refractivity contribution is 7.99. The van der Waals surface area contributed by atoms with Crippen LogP contribution in [0.2, 0.25) is 0 Å². The highest BCUT2D eigenvalue weighted by Crippen LogP contribution is 2.38. The van der Waals surface area contributed by atoms with Gasteiger partial charge in [-0.15, -0.1) is 0 Å². The minimum Gasteiger partial charge on any atom is -0.341 e. The van der Waals surface area contributed by atoms with Gasteiger partial charge in [-0.1, -0.05) is 5.16 Å². The number of anilines is 1. The average Bonchev–Trinajstić information content (AvgIpc) is 2.75. The minimum absolute atomic E-state index is 0.454. The molecule has 66 valence electrons. The summed E-state index contributed by atoms with van der Waals surface area (Å²) in [6, 6.07) is 0.512. The van der Waals surface area contributed by atoms with Gasteiger partial charge in [0.15, 0.2) is 5.82 Å². The first-order chi connectivity index (χ1) is 5.90. The fourth-order valence-corrected chi connectivity index (χ4v) is 2.44. The van der Waals surface area contributed by atoms with E-state index in [0.29, 0.717) is 11.3 Å². The maximum absolute atomic E-state index is 4.94. The number of hydrogen-bond donors (Lipinski definition) is 1. The molecule has 0 saturated carbocycles. The quantitative estimate of drug-likeness (QED) is 0.759. The predicted octanol–water partition coefficient (Wildman–Crippen LogP) is 1.68. The molecule has 1 aliphatic rings. The molecule has 1 saturated heterocycles. The molecule has 1 aliphatic heterocycles. The van der Waals surface area contributed by atoms with Gasteiger partial charge in [0, 0.05) is 7.05 Å². The summed E-state index contributed by atoms with van der Waals surface area (Å²) in [4.78, 5) is 4.20. The standard InChI is InChI=1S/C7H11N3OS/c1-8-7-9-6(10-11-7)5-3-2-4-12-5/h5H,2-4H2,1H3,(H,8,9,10). The summed E-state index contributed by atoms with van der Waals surface area (Å²) in [6.07, 6.45) is 2.44. The fraction of sp³-hybridized carbons (Fsp3) is 0.714. The minimum atomic E-state index is 0.454. The van der Waals surface area contributed by atoms with E-state index in [2.05, 4.69) is 15.5 Å². The van der Waals surface area contributed by atoms with Crippen molar-refractivity contribution in [3.8, 4) is 0 Å². The smallest absolute Gasteiger partial charge is 0.321 e. The summed E-state index contributed by atoms with van der Waals surface area (Å²) in [5.41, 5.74) is 0. The summed E-state index contributed by atoms with van der Waals surface area (Å²) < 4.78 is 4.94. The molecule has 1 aromatic heterocycles. The van der Waals surface area contributed by atoms with Crippen LogP contribution in [-0.4, -0.2) is 22.9 Å². The molecule has 0 radical (unpaired) electrons. The van der Waals surface area contributed by atoms with Crippen molar-refractivity contribution >= 4 is 17.8 Å². The van der Waals surface area contributed by atoms with Crippen molar-refractivity contribution in [1.82, 2.24) is 10.1 Å². The molecule has 1 atom stereocenters. The molecule has 0 spiro atoms. The lowest BCUT2D eigenvalue weighted by Crippen LogP contribution is -1.92. The van der Waals surface area contributed by atoms with Gasteiger partial charge >= 0.3 is 6.01 Å². The Morgan fingerprint density at radius 3 is 3.17 bits per heavy atom. The SMILES string of the molecule is CNc1nc(C2CCCS2)no1. The molecule has 0 aromatic carbocycles. The van der Waals surface area contributed by atoms with Crippen LogP contribution in [0, 0.1) is 0 Å². The number of aromatic nitrogens is 2. The topological polar surface area (TPSA) is 51.0 Å². The Bertz CT molecular complexity index is 257. The molecule has 2 rings (SSSR count). The fourth-order valence-electron chi connectivity index (χ4n) is 1.25. The summed E-state index contributed by atoms with van der Waals surface area (Å²) in [7, 11) is 1.78. The predicted molar refractivity (Wildman–Crippen MR) is 48.3 cm³/mol. The van der Waals surface area contributed by atoms with Gasteiger partial charge < -0.3 is 9.84 Å². The van der Waals surface area contributed by atoms with Crippen LogP contribution in [0.1, 0.15) is 23.9 Å². The van der Waals surface area contributed by atoms with Crippen molar-refractivity contribution in [2.75, 3.05) is 18.1 Å². The van der Waals surface area contributed by atoms with Gasteiger partial charge in [-0.3, -0.25) is 0 Å². The molecule has 0 aliphatic carbocycles. The molecule has 1 aromatic rings.